The number of aliphatic carboxylic acids is 2. The third-order valence-corrected chi connectivity index (χ3v) is 10.4. The van der Waals surface area contributed by atoms with E-state index in [-0.39, 0.29) is 30.6 Å². The Hall–Kier alpha value is -5.46. The van der Waals surface area contributed by atoms with Crippen molar-refractivity contribution in [2.75, 3.05) is 48.3 Å². The molecule has 5 rings (SSSR count). The first kappa shape index (κ1) is 40.7. The lowest BCUT2D eigenvalue weighted by Gasteiger charge is -2.36. The Morgan fingerprint density at radius 2 is 1.73 bits per heavy atom. The van der Waals surface area contributed by atoms with Crippen molar-refractivity contribution >= 4 is 63.7 Å². The molecule has 3 aromatic rings. The number of rotatable bonds is 16. The van der Waals surface area contributed by atoms with E-state index in [0.29, 0.717) is 37.7 Å². The molecule has 1 aliphatic carbocycles. The molecule has 7 N–H and O–H groups in total. The molecular formula is C37H43FN8O8S. The van der Waals surface area contributed by atoms with E-state index >= 15 is 4.39 Å². The highest BCUT2D eigenvalue weighted by molar-refractivity contribution is 8.00. The molecule has 1 aliphatic heterocycles. The summed E-state index contributed by atoms with van der Waals surface area (Å²) in [5.74, 6) is -4.16. The number of anilines is 2. The SMILES string of the molecule is CC(C)(O)c1ccc(N2CCN(c3nnc(CC4=CC(SC[C@H](NC(=O)CC[C@H](N)C(=O)O)C(=O)NCC(=O)O)C(=O)C=C4F)c4ccccc34)CC2)nc1. The van der Waals surface area contributed by atoms with Crippen LogP contribution in [0.5, 0.6) is 0 Å². The Balaban J connectivity index is 1.28. The number of amides is 2. The fourth-order valence-corrected chi connectivity index (χ4v) is 7.16. The number of nitrogens with two attached hydrogens (primary N) is 1. The lowest BCUT2D eigenvalue weighted by atomic mass is 9.98. The van der Waals surface area contributed by atoms with Gasteiger partial charge in [0.1, 0.15) is 30.3 Å². The van der Waals surface area contributed by atoms with E-state index in [2.05, 4.69) is 35.6 Å². The van der Waals surface area contributed by atoms with Gasteiger partial charge in [-0.1, -0.05) is 36.4 Å². The van der Waals surface area contributed by atoms with Crippen molar-refractivity contribution in [1.29, 1.82) is 0 Å². The Bertz CT molecular complexity index is 2000. The Morgan fingerprint density at radius 1 is 1.04 bits per heavy atom. The van der Waals surface area contributed by atoms with E-state index in [4.69, 9.17) is 15.9 Å². The number of pyridine rings is 1. The van der Waals surface area contributed by atoms with Gasteiger partial charge in [-0.05, 0) is 31.9 Å². The fourth-order valence-electron chi connectivity index (χ4n) is 6.04. The van der Waals surface area contributed by atoms with Crippen LogP contribution in [0.4, 0.5) is 16.0 Å². The molecule has 2 aromatic heterocycles. The number of carboxylic acids is 2. The number of nitrogens with one attached hydrogen (secondary N) is 2. The normalized spacial score (nSPS) is 17.3. The molecule has 3 atom stereocenters. The number of halogens is 1. The number of benzene rings is 1. The summed E-state index contributed by atoms with van der Waals surface area (Å²) in [6.45, 7) is 5.33. The van der Waals surface area contributed by atoms with Gasteiger partial charge in [-0.25, -0.2) is 9.37 Å². The highest BCUT2D eigenvalue weighted by Crippen LogP contribution is 2.32. The summed E-state index contributed by atoms with van der Waals surface area (Å²) in [5.41, 5.74) is 5.88. The second-order valence-corrected chi connectivity index (χ2v) is 14.9. The minimum atomic E-state index is -1.32. The van der Waals surface area contributed by atoms with Crippen LogP contribution in [0.2, 0.25) is 0 Å². The molecule has 16 nitrogen and oxygen atoms in total. The number of piperazine rings is 1. The van der Waals surface area contributed by atoms with Crippen molar-refractivity contribution in [2.24, 2.45) is 5.73 Å². The first-order valence-electron chi connectivity index (χ1n) is 17.5. The van der Waals surface area contributed by atoms with Crippen LogP contribution >= 0.6 is 11.8 Å². The van der Waals surface area contributed by atoms with Crippen molar-refractivity contribution in [2.45, 2.75) is 56.0 Å². The van der Waals surface area contributed by atoms with Crippen LogP contribution in [-0.4, -0.2) is 116 Å². The second-order valence-electron chi connectivity index (χ2n) is 13.7. The molecule has 0 saturated carbocycles. The standard InChI is InChI=1S/C37H43FN8O8S/c1-37(2,54)22-7-9-31(40-18-22)45-11-13-46(14-12-45)34-24-6-4-3-5-23(24)27(43-44-34)15-21-16-30(29(47)17-25(21)38)55-20-28(35(51)41-19-33(49)50)42-32(48)10-8-26(39)36(52)53/h3-7,9,16-18,26,28,30,54H,8,10-15,19-20,39H2,1-2H3,(H,41,51)(H,42,48)(H,49,50)(H,52,53)/t26-,28-,30?/m0/s1. The van der Waals surface area contributed by atoms with Crippen LogP contribution in [0.3, 0.4) is 0 Å². The summed E-state index contributed by atoms with van der Waals surface area (Å²) < 4.78 is 15.3. The maximum Gasteiger partial charge on any atom is 0.322 e. The Labute approximate surface area is 320 Å². The predicted octanol–water partition coefficient (Wildman–Crippen LogP) is 1.46. The summed E-state index contributed by atoms with van der Waals surface area (Å²) in [4.78, 5) is 69.2. The topological polar surface area (TPSA) is 241 Å². The van der Waals surface area contributed by atoms with Gasteiger partial charge in [-0.2, -0.15) is 5.10 Å². The van der Waals surface area contributed by atoms with Crippen molar-refractivity contribution in [1.82, 2.24) is 25.8 Å². The molecule has 1 unspecified atom stereocenters. The fraction of sp³-hybridized carbons (Fsp3) is 0.405. The van der Waals surface area contributed by atoms with E-state index in [9.17, 15) is 29.1 Å². The maximum atomic E-state index is 15.3. The molecule has 0 bridgehead atoms. The number of aliphatic hydroxyl groups is 1. The summed E-state index contributed by atoms with van der Waals surface area (Å²) in [7, 11) is 0. The van der Waals surface area contributed by atoms with E-state index < -0.39 is 64.8 Å². The summed E-state index contributed by atoms with van der Waals surface area (Å²) in [5, 5.41) is 42.6. The van der Waals surface area contributed by atoms with Crippen LogP contribution in [0.25, 0.3) is 10.8 Å². The van der Waals surface area contributed by atoms with Crippen molar-refractivity contribution in [3.63, 3.8) is 0 Å². The van der Waals surface area contributed by atoms with E-state index in [1.807, 2.05) is 36.4 Å². The average Bonchev–Trinajstić information content (AvgIpc) is 3.15. The van der Waals surface area contributed by atoms with Gasteiger partial charge >= 0.3 is 11.9 Å². The van der Waals surface area contributed by atoms with Crippen LogP contribution in [0, 0.1) is 0 Å². The molecule has 2 amide bonds. The minimum absolute atomic E-state index is 0.00362. The number of hydrogen-bond donors (Lipinski definition) is 6. The van der Waals surface area contributed by atoms with E-state index in [0.717, 1.165) is 40.0 Å². The molecule has 292 valence electrons. The third kappa shape index (κ3) is 10.6. The van der Waals surface area contributed by atoms with Crippen LogP contribution < -0.4 is 26.2 Å². The van der Waals surface area contributed by atoms with Crippen LogP contribution in [0.15, 0.2) is 66.1 Å². The zero-order valence-corrected chi connectivity index (χ0v) is 31.1. The number of aromatic nitrogens is 3. The minimum Gasteiger partial charge on any atom is -0.480 e. The van der Waals surface area contributed by atoms with Gasteiger partial charge in [0.25, 0.3) is 0 Å². The first-order valence-corrected chi connectivity index (χ1v) is 18.6. The van der Waals surface area contributed by atoms with Crippen molar-refractivity contribution in [3.8, 4) is 0 Å². The Morgan fingerprint density at radius 3 is 2.36 bits per heavy atom. The zero-order valence-electron chi connectivity index (χ0n) is 30.3. The van der Waals surface area contributed by atoms with Gasteiger partial charge in [0.15, 0.2) is 11.6 Å². The van der Waals surface area contributed by atoms with Gasteiger partial charge < -0.3 is 41.5 Å². The highest BCUT2D eigenvalue weighted by Gasteiger charge is 2.29. The van der Waals surface area contributed by atoms with E-state index in [1.54, 1.807) is 20.0 Å². The van der Waals surface area contributed by atoms with Crippen LogP contribution in [0.1, 0.15) is 37.9 Å². The molecular weight excluding hydrogens is 736 g/mol. The number of hydrogen-bond acceptors (Lipinski definition) is 13. The molecule has 2 aliphatic rings. The molecule has 0 radical (unpaired) electrons. The third-order valence-electron chi connectivity index (χ3n) is 9.18. The van der Waals surface area contributed by atoms with E-state index in [1.165, 1.54) is 6.08 Å². The molecule has 1 aromatic carbocycles. The molecule has 0 spiro atoms. The van der Waals surface area contributed by atoms with Gasteiger partial charge in [0.2, 0.25) is 11.8 Å². The van der Waals surface area contributed by atoms with Crippen molar-refractivity contribution in [3.05, 3.63) is 77.4 Å². The van der Waals surface area contributed by atoms with Gasteiger partial charge in [0.05, 0.1) is 16.5 Å². The summed E-state index contributed by atoms with van der Waals surface area (Å²) in [6.07, 6.45) is 3.47. The molecule has 3 heterocycles. The van der Waals surface area contributed by atoms with Gasteiger partial charge in [-0.15, -0.1) is 16.9 Å². The lowest BCUT2D eigenvalue weighted by Crippen LogP contribution is -2.50. The number of fused-ring (bicyclic) bond motifs is 1. The average molecular weight is 779 g/mol. The predicted molar refractivity (Wildman–Crippen MR) is 203 cm³/mol. The number of carboxylic acid groups (broad SMARTS) is 2. The zero-order chi connectivity index (χ0) is 39.9. The molecule has 18 heteroatoms. The summed E-state index contributed by atoms with van der Waals surface area (Å²) >= 11 is 0.948. The number of ketones is 1. The quantitative estimate of drug-likeness (QED) is 0.121. The number of carbonyl (C=O) groups is 5. The molecule has 55 heavy (non-hydrogen) atoms. The Kier molecular flexibility index (Phi) is 13.2. The van der Waals surface area contributed by atoms with Gasteiger partial charge in [0, 0.05) is 73.4 Å². The largest absolute Gasteiger partial charge is 0.480 e. The second kappa shape index (κ2) is 17.8. The summed E-state index contributed by atoms with van der Waals surface area (Å²) in [6, 6.07) is 8.71. The molecule has 1 fully saturated rings. The smallest absolute Gasteiger partial charge is 0.322 e. The lowest BCUT2D eigenvalue weighted by molar-refractivity contribution is -0.139. The highest BCUT2D eigenvalue weighted by atomic mass is 32.2. The number of thioether (sulfide) groups is 1. The first-order chi connectivity index (χ1) is 26.1. The maximum absolute atomic E-state index is 15.3. The van der Waals surface area contributed by atoms with Crippen molar-refractivity contribution < 1.29 is 43.7 Å². The van der Waals surface area contributed by atoms with Gasteiger partial charge in [-0.3, -0.25) is 24.0 Å². The molecule has 1 saturated heterocycles. The monoisotopic (exact) mass is 778 g/mol. The number of allylic oxidation sites excluding steroid dienone is 3. The number of carbonyl (C=O) groups excluding carboxylic acids is 3. The van der Waals surface area contributed by atoms with Crippen LogP contribution in [-0.2, 0) is 36.0 Å². The number of nitrogens with zero attached hydrogens (tertiary/aromatic N) is 5.